The molecule has 8 heteroatoms. The summed E-state index contributed by atoms with van der Waals surface area (Å²) >= 11 is 4.97. The monoisotopic (exact) mass is 335 g/mol. The van der Waals surface area contributed by atoms with Gasteiger partial charge >= 0.3 is 0 Å². The Morgan fingerprint density at radius 2 is 1.36 bits per heavy atom. The van der Waals surface area contributed by atoms with Crippen LogP contribution in [0.3, 0.4) is 0 Å². The van der Waals surface area contributed by atoms with E-state index in [4.69, 9.17) is 0 Å². The number of amides is 4. The third-order valence-corrected chi connectivity index (χ3v) is 5.71. The van der Waals surface area contributed by atoms with E-state index in [0.29, 0.717) is 11.4 Å². The van der Waals surface area contributed by atoms with E-state index in [2.05, 4.69) is 12.6 Å². The first kappa shape index (κ1) is 13.8. The van der Waals surface area contributed by atoms with Crippen LogP contribution >= 0.6 is 12.6 Å². The van der Waals surface area contributed by atoms with Crippen molar-refractivity contribution in [2.45, 2.75) is 22.2 Å². The van der Waals surface area contributed by atoms with Gasteiger partial charge < -0.3 is 0 Å². The molecule has 0 aliphatic carbocycles. The summed E-state index contributed by atoms with van der Waals surface area (Å²) < 4.78 is 0. The van der Waals surface area contributed by atoms with E-state index < -0.39 is 5.25 Å². The van der Waals surface area contributed by atoms with Crippen LogP contribution in [0.4, 0.5) is 11.4 Å². The zero-order chi connectivity index (χ0) is 15.6. The molecule has 3 fully saturated rings. The van der Waals surface area contributed by atoms with Crippen LogP contribution in [0.1, 0.15) is 6.42 Å². The Bertz CT molecular complexity index is 673. The van der Waals surface area contributed by atoms with Crippen LogP contribution in [0.25, 0.3) is 0 Å². The summed E-state index contributed by atoms with van der Waals surface area (Å²) in [5, 5.41) is -0.974. The zero-order valence-electron chi connectivity index (χ0n) is 11.2. The lowest BCUT2D eigenvalue weighted by Gasteiger charge is -2.17. The largest absolute Gasteiger partial charge is 0.292 e. The van der Waals surface area contributed by atoms with Crippen molar-refractivity contribution >= 4 is 59.4 Å². The maximum atomic E-state index is 12.0. The summed E-state index contributed by atoms with van der Waals surface area (Å²) in [5.74, 6) is -0.998. The van der Waals surface area contributed by atoms with Crippen molar-refractivity contribution < 1.29 is 19.2 Å². The van der Waals surface area contributed by atoms with E-state index in [1.54, 1.807) is 24.3 Å². The summed E-state index contributed by atoms with van der Waals surface area (Å²) in [7, 11) is 0. The summed E-state index contributed by atoms with van der Waals surface area (Å²) in [4.78, 5) is 50.1. The van der Waals surface area contributed by atoms with Gasteiger partial charge in [-0.1, -0.05) is 0 Å². The molecule has 3 heterocycles. The fourth-order valence-electron chi connectivity index (χ4n) is 2.79. The van der Waals surface area contributed by atoms with Gasteiger partial charge in [0.05, 0.1) is 16.6 Å². The zero-order valence-corrected chi connectivity index (χ0v) is 13.0. The van der Waals surface area contributed by atoms with E-state index in [-0.39, 0.29) is 40.5 Å². The lowest BCUT2D eigenvalue weighted by Crippen LogP contribution is -2.34. The molecule has 1 aromatic rings. The number of thiol groups is 2. The topological polar surface area (TPSA) is 74.8 Å². The van der Waals surface area contributed by atoms with Crippen molar-refractivity contribution in [3.05, 3.63) is 24.3 Å². The minimum absolute atomic E-state index is 0.0786. The molecule has 0 radical (unpaired) electrons. The SMILES string of the molecule is O=C1C[C@H](S)C(=O)N1c1ccc(N2C(=O)C3[SH+]C3C2=O)cc1. The minimum atomic E-state index is -0.611. The van der Waals surface area contributed by atoms with Crippen LogP contribution in [0.15, 0.2) is 24.3 Å². The summed E-state index contributed by atoms with van der Waals surface area (Å²) in [5.41, 5.74) is 0.903. The molecule has 0 saturated carbocycles. The van der Waals surface area contributed by atoms with Crippen LogP contribution in [-0.2, 0) is 30.9 Å². The third-order valence-electron chi connectivity index (χ3n) is 3.97. The van der Waals surface area contributed by atoms with Crippen molar-refractivity contribution in [3.8, 4) is 0 Å². The van der Waals surface area contributed by atoms with Gasteiger partial charge in [-0.3, -0.25) is 19.2 Å². The molecule has 3 aliphatic rings. The Balaban J connectivity index is 1.62. The van der Waals surface area contributed by atoms with Gasteiger partial charge in [-0.2, -0.15) is 12.6 Å². The molecule has 0 N–H and O–H groups in total. The van der Waals surface area contributed by atoms with Gasteiger partial charge in [-0.05, 0) is 24.3 Å². The van der Waals surface area contributed by atoms with Crippen molar-refractivity contribution in [1.82, 2.24) is 0 Å². The fourth-order valence-corrected chi connectivity index (χ4v) is 4.05. The van der Waals surface area contributed by atoms with Crippen molar-refractivity contribution in [2.75, 3.05) is 9.80 Å². The highest BCUT2D eigenvalue weighted by molar-refractivity contribution is 7.90. The van der Waals surface area contributed by atoms with Gasteiger partial charge in [0, 0.05) is 18.2 Å². The van der Waals surface area contributed by atoms with Gasteiger partial charge in [-0.25, -0.2) is 9.80 Å². The van der Waals surface area contributed by atoms with Crippen LogP contribution in [-0.4, -0.2) is 39.4 Å². The predicted molar refractivity (Wildman–Crippen MR) is 85.2 cm³/mol. The molecule has 3 atom stereocenters. The van der Waals surface area contributed by atoms with Crippen LogP contribution in [0, 0.1) is 0 Å². The fraction of sp³-hybridized carbons (Fsp3) is 0.286. The van der Waals surface area contributed by atoms with Crippen molar-refractivity contribution in [1.29, 1.82) is 0 Å². The van der Waals surface area contributed by atoms with E-state index in [9.17, 15) is 19.2 Å². The minimum Gasteiger partial charge on any atom is -0.274 e. The van der Waals surface area contributed by atoms with Gasteiger partial charge in [0.15, 0.2) is 0 Å². The Labute approximate surface area is 135 Å². The van der Waals surface area contributed by atoms with Crippen molar-refractivity contribution in [3.63, 3.8) is 0 Å². The number of carbonyl (C=O) groups is 4. The highest BCUT2D eigenvalue weighted by Gasteiger charge is 2.70. The second kappa shape index (κ2) is 4.60. The Morgan fingerprint density at radius 1 is 0.864 bits per heavy atom. The number of anilines is 2. The molecule has 112 valence electrons. The lowest BCUT2D eigenvalue weighted by molar-refractivity contribution is -0.122. The highest BCUT2D eigenvalue weighted by atomic mass is 32.2. The lowest BCUT2D eigenvalue weighted by atomic mass is 10.2. The van der Waals surface area contributed by atoms with E-state index in [0.717, 1.165) is 16.7 Å². The highest BCUT2D eigenvalue weighted by Crippen LogP contribution is 2.37. The van der Waals surface area contributed by atoms with E-state index in [1.807, 2.05) is 0 Å². The first-order valence-corrected chi connectivity index (χ1v) is 8.26. The average Bonchev–Trinajstić information content (AvgIpc) is 3.19. The summed E-state index contributed by atoms with van der Waals surface area (Å²) in [6, 6.07) is 6.30. The number of hydrogen-bond acceptors (Lipinski definition) is 5. The number of carbonyl (C=O) groups excluding carboxylic acids is 4. The number of fused-ring (bicyclic) bond motifs is 1. The molecule has 4 rings (SSSR count). The molecule has 6 nitrogen and oxygen atoms in total. The number of nitrogens with zero attached hydrogens (tertiary/aromatic N) is 2. The first-order chi connectivity index (χ1) is 10.5. The molecule has 4 amide bonds. The predicted octanol–water partition coefficient (Wildman–Crippen LogP) is -0.313. The van der Waals surface area contributed by atoms with Crippen molar-refractivity contribution in [2.24, 2.45) is 0 Å². The number of imide groups is 2. The van der Waals surface area contributed by atoms with Crippen LogP contribution in [0.5, 0.6) is 0 Å². The van der Waals surface area contributed by atoms with Crippen LogP contribution < -0.4 is 9.80 Å². The summed E-state index contributed by atoms with van der Waals surface area (Å²) in [6.45, 7) is 0. The van der Waals surface area contributed by atoms with Gasteiger partial charge in [-0.15, -0.1) is 0 Å². The maximum absolute atomic E-state index is 12.0. The Kier molecular flexibility index (Phi) is 2.89. The van der Waals surface area contributed by atoms with E-state index >= 15 is 0 Å². The van der Waals surface area contributed by atoms with Gasteiger partial charge in [0.1, 0.15) is 0 Å². The normalized spacial score (nSPS) is 30.3. The number of hydrogen-bond donors (Lipinski definition) is 1. The number of rotatable bonds is 2. The van der Waals surface area contributed by atoms with Gasteiger partial charge in [0.25, 0.3) is 22.3 Å². The van der Waals surface area contributed by atoms with E-state index in [1.165, 1.54) is 4.90 Å². The molecule has 3 aliphatic heterocycles. The van der Waals surface area contributed by atoms with Gasteiger partial charge in [0.2, 0.25) is 11.8 Å². The Morgan fingerprint density at radius 3 is 1.82 bits per heavy atom. The Hall–Kier alpha value is -1.80. The molecule has 0 bridgehead atoms. The molecular weight excluding hydrogens is 324 g/mol. The molecule has 1 aromatic carbocycles. The standard InChI is InChI=1S/C14H10N2O4S2/c17-9-5-8(21)12(18)15(9)6-1-3-7(4-2-6)16-13(19)10-11(22-10)14(16)20/h1-4,8,10-11,21H,5H2/p+1/t8-,10?,11?/m0/s1. The second-order valence-electron chi connectivity index (χ2n) is 5.35. The second-order valence-corrected chi connectivity index (χ2v) is 7.39. The first-order valence-electron chi connectivity index (χ1n) is 6.72. The smallest absolute Gasteiger partial charge is 0.274 e. The summed E-state index contributed by atoms with van der Waals surface area (Å²) in [6.07, 6.45) is 0.0786. The quantitative estimate of drug-likeness (QED) is 0.348. The third kappa shape index (κ3) is 1.83. The molecule has 0 spiro atoms. The molecule has 3 saturated heterocycles. The molecule has 22 heavy (non-hydrogen) atoms. The average molecular weight is 335 g/mol. The van der Waals surface area contributed by atoms with Crippen LogP contribution in [0.2, 0.25) is 0 Å². The maximum Gasteiger partial charge on any atom is 0.292 e. The number of benzene rings is 1. The molecule has 2 unspecified atom stereocenters. The molecule has 0 aromatic heterocycles. The molecular formula is C14H11N2O4S2+.